The van der Waals surface area contributed by atoms with Crippen LogP contribution in [0.25, 0.3) is 0 Å². The van der Waals surface area contributed by atoms with Gasteiger partial charge in [0.2, 0.25) is 0 Å². The maximum Gasteiger partial charge on any atom is 0.369 e. The van der Waals surface area contributed by atoms with Gasteiger partial charge in [-0.1, -0.05) is 12.2 Å². The normalized spacial score (nSPS) is 21.6. The summed E-state index contributed by atoms with van der Waals surface area (Å²) in [5.41, 5.74) is 1.21. The average molecular weight is 151 g/mol. The van der Waals surface area contributed by atoms with Crippen molar-refractivity contribution in [2.45, 2.75) is 6.42 Å². The minimum Gasteiger partial charge on any atom is -0.166 e. The Bertz CT molecular complexity index is 258. The molecule has 2 aliphatic rings. The molecule has 0 fully saturated rings. The van der Waals surface area contributed by atoms with E-state index in [4.69, 9.17) is 3.87 Å². The third-order valence-electron chi connectivity index (χ3n) is 1.49. The first-order valence-corrected chi connectivity index (χ1v) is 4.00. The summed E-state index contributed by atoms with van der Waals surface area (Å²) in [7, 11) is 0. The van der Waals surface area contributed by atoms with Crippen molar-refractivity contribution in [3.63, 3.8) is 0 Å². The summed E-state index contributed by atoms with van der Waals surface area (Å²) >= 11 is 1.39. The molecule has 0 spiro atoms. The highest BCUT2D eigenvalue weighted by atomic mass is 32.2. The lowest BCUT2D eigenvalue weighted by Crippen LogP contribution is -2.05. The van der Waals surface area contributed by atoms with E-state index >= 15 is 0 Å². The Labute approximate surface area is 64.0 Å². The molecule has 1 aliphatic carbocycles. The molecular weight excluding hydrogens is 144 g/mol. The topological polar surface area (TPSA) is 11.3 Å². The third-order valence-corrected chi connectivity index (χ3v) is 2.03. The molecule has 0 saturated carbocycles. The van der Waals surface area contributed by atoms with Crippen LogP contribution in [0.1, 0.15) is 6.42 Å². The molecule has 0 radical (unpaired) electrons. The number of allylic oxidation sites excluding steroid dienone is 5. The van der Waals surface area contributed by atoms with Crippen LogP contribution in [0.4, 0.5) is 0 Å². The molecule has 0 aromatic heterocycles. The zero-order valence-corrected chi connectivity index (χ0v) is 6.23. The molecule has 1 nitrogen and oxygen atoms in total. The molecule has 2 heteroatoms. The van der Waals surface area contributed by atoms with E-state index in [2.05, 4.69) is 24.3 Å². The fourth-order valence-electron chi connectivity index (χ4n) is 0.975. The van der Waals surface area contributed by atoms with Crippen LogP contribution < -0.4 is 0 Å². The van der Waals surface area contributed by atoms with Gasteiger partial charge in [-0.25, -0.2) is 0 Å². The second-order valence-electron chi connectivity index (χ2n) is 2.16. The Morgan fingerprint density at radius 3 is 3.40 bits per heavy atom. The lowest BCUT2D eigenvalue weighted by Gasteiger charge is -1.98. The third kappa shape index (κ3) is 0.948. The highest BCUT2D eigenvalue weighted by Crippen LogP contribution is 2.18. The SMILES string of the molecule is C1=CCC2=[O+]SC=CC2=C1. The molecule has 0 atom stereocenters. The summed E-state index contributed by atoms with van der Waals surface area (Å²) < 4.78 is 5.31. The number of fused-ring (bicyclic) bond motifs is 1. The molecule has 1 heterocycles. The molecule has 0 unspecified atom stereocenters. The second kappa shape index (κ2) is 2.46. The van der Waals surface area contributed by atoms with E-state index in [0.717, 1.165) is 12.2 Å². The van der Waals surface area contributed by atoms with Gasteiger partial charge in [-0.05, 0) is 12.2 Å². The number of hydrogen-bond acceptors (Lipinski definition) is 1. The Morgan fingerprint density at radius 1 is 1.50 bits per heavy atom. The predicted molar refractivity (Wildman–Crippen MR) is 43.6 cm³/mol. The van der Waals surface area contributed by atoms with Gasteiger partial charge in [-0.3, -0.25) is 0 Å². The van der Waals surface area contributed by atoms with E-state index < -0.39 is 0 Å². The Balaban J connectivity index is 2.39. The molecule has 10 heavy (non-hydrogen) atoms. The van der Waals surface area contributed by atoms with Crippen LogP contribution >= 0.6 is 12.0 Å². The van der Waals surface area contributed by atoms with Crippen molar-refractivity contribution in [2.75, 3.05) is 0 Å². The molecule has 0 bridgehead atoms. The van der Waals surface area contributed by atoms with Crippen molar-refractivity contribution in [2.24, 2.45) is 0 Å². The van der Waals surface area contributed by atoms with Crippen LogP contribution in [0.5, 0.6) is 0 Å². The highest BCUT2D eigenvalue weighted by molar-refractivity contribution is 7.95. The van der Waals surface area contributed by atoms with E-state index in [1.165, 1.54) is 17.6 Å². The first-order valence-electron chi connectivity index (χ1n) is 3.20. The van der Waals surface area contributed by atoms with Gasteiger partial charge in [-0.15, -0.1) is 0 Å². The quantitative estimate of drug-likeness (QED) is 0.381. The molecule has 0 saturated heterocycles. The van der Waals surface area contributed by atoms with Gasteiger partial charge in [0.05, 0.1) is 17.4 Å². The van der Waals surface area contributed by atoms with Crippen LogP contribution in [-0.4, -0.2) is 5.78 Å². The van der Waals surface area contributed by atoms with E-state index in [-0.39, 0.29) is 0 Å². The van der Waals surface area contributed by atoms with E-state index in [9.17, 15) is 0 Å². The van der Waals surface area contributed by atoms with Crippen molar-refractivity contribution in [1.29, 1.82) is 0 Å². The molecule has 2 rings (SSSR count). The Morgan fingerprint density at radius 2 is 2.50 bits per heavy atom. The fourth-order valence-corrected chi connectivity index (χ4v) is 1.51. The number of rotatable bonds is 0. The van der Waals surface area contributed by atoms with Crippen LogP contribution in [0, 0.1) is 0 Å². The molecule has 0 aromatic rings. The Kier molecular flexibility index (Phi) is 1.47. The van der Waals surface area contributed by atoms with E-state index in [0.29, 0.717) is 0 Å². The van der Waals surface area contributed by atoms with Crippen LogP contribution in [-0.2, 0) is 3.87 Å². The van der Waals surface area contributed by atoms with Crippen molar-refractivity contribution >= 4 is 17.8 Å². The standard InChI is InChI=1S/C8H7OS/c1-2-4-8-7(3-1)5-6-10-9-8/h1-3,5-6H,4H2/q+1. The van der Waals surface area contributed by atoms with Crippen molar-refractivity contribution in [3.8, 4) is 0 Å². The van der Waals surface area contributed by atoms with Crippen LogP contribution in [0.3, 0.4) is 0 Å². The van der Waals surface area contributed by atoms with Gasteiger partial charge in [0, 0.05) is 0 Å². The van der Waals surface area contributed by atoms with Gasteiger partial charge in [0.25, 0.3) is 0 Å². The zero-order chi connectivity index (χ0) is 6.81. The zero-order valence-electron chi connectivity index (χ0n) is 5.41. The fraction of sp³-hybridized carbons (Fsp3) is 0.125. The second-order valence-corrected chi connectivity index (χ2v) is 2.79. The first-order chi connectivity index (χ1) is 4.97. The highest BCUT2D eigenvalue weighted by Gasteiger charge is 2.21. The van der Waals surface area contributed by atoms with Gasteiger partial charge in [0.1, 0.15) is 0 Å². The summed E-state index contributed by atoms with van der Waals surface area (Å²) in [6.45, 7) is 0. The average Bonchev–Trinajstić information content (AvgIpc) is 2.05. The summed E-state index contributed by atoms with van der Waals surface area (Å²) in [6.07, 6.45) is 9.23. The number of hydrogen-bond donors (Lipinski definition) is 0. The molecule has 50 valence electrons. The predicted octanol–water partition coefficient (Wildman–Crippen LogP) is 2.15. The molecule has 0 aromatic carbocycles. The van der Waals surface area contributed by atoms with Gasteiger partial charge in [0.15, 0.2) is 0 Å². The maximum atomic E-state index is 5.31. The van der Waals surface area contributed by atoms with Crippen molar-refractivity contribution in [3.05, 3.63) is 35.3 Å². The lowest BCUT2D eigenvalue weighted by atomic mass is 10.0. The summed E-state index contributed by atoms with van der Waals surface area (Å²) in [6, 6.07) is 0. The monoisotopic (exact) mass is 151 g/mol. The van der Waals surface area contributed by atoms with Gasteiger partial charge < -0.3 is 0 Å². The van der Waals surface area contributed by atoms with Crippen LogP contribution in [0.2, 0.25) is 0 Å². The van der Waals surface area contributed by atoms with Crippen molar-refractivity contribution in [1.82, 2.24) is 0 Å². The lowest BCUT2D eigenvalue weighted by molar-refractivity contribution is -0.243. The molecule has 1 aliphatic heterocycles. The van der Waals surface area contributed by atoms with E-state index in [1.807, 2.05) is 5.41 Å². The summed E-state index contributed by atoms with van der Waals surface area (Å²) in [5.74, 6) is 1.08. The first kappa shape index (κ1) is 5.98. The summed E-state index contributed by atoms with van der Waals surface area (Å²) in [4.78, 5) is 0. The molecule has 0 amide bonds. The Hall–Kier alpha value is -0.760. The molecular formula is C8H7OS+. The molecule has 0 N–H and O–H groups in total. The van der Waals surface area contributed by atoms with Gasteiger partial charge in [-0.2, -0.15) is 3.87 Å². The van der Waals surface area contributed by atoms with Crippen molar-refractivity contribution < 1.29 is 3.87 Å². The smallest absolute Gasteiger partial charge is 0.166 e. The van der Waals surface area contributed by atoms with E-state index in [1.54, 1.807) is 0 Å². The van der Waals surface area contributed by atoms with Gasteiger partial charge >= 0.3 is 17.8 Å². The largest absolute Gasteiger partial charge is 0.369 e. The summed E-state index contributed by atoms with van der Waals surface area (Å²) in [5, 5.41) is 1.95. The van der Waals surface area contributed by atoms with Crippen LogP contribution in [0.15, 0.2) is 35.3 Å². The maximum absolute atomic E-state index is 5.31. The minimum atomic E-state index is 0.934. The number of carbonyl (C=O) groups excluding carboxylic acids is 1. The number of ketones is 1. The minimum absolute atomic E-state index is 0.934.